The first-order valence-electron chi connectivity index (χ1n) is 1.87. The Balaban J connectivity index is -0.0000000101. The number of hydrogen-bond acceptors (Lipinski definition) is 0. The number of halogens is 16. The molecule has 0 saturated heterocycles. The first-order valence-corrected chi connectivity index (χ1v) is 23.1. The molecule has 0 bridgehead atoms. The van der Waals surface area contributed by atoms with Crippen LogP contribution in [0.25, 0.3) is 0 Å². The largest absolute Gasteiger partial charge is 0 e. The predicted molar refractivity (Wildman–Crippen MR) is 98.6 cm³/mol. The first-order chi connectivity index (χ1) is 9.12. The zero-order valence-electron chi connectivity index (χ0n) is 8.94. The molecule has 0 aromatic heterocycles. The molecule has 0 saturated carbocycles. The third kappa shape index (κ3) is 353. The summed E-state index contributed by atoms with van der Waals surface area (Å²) in [5.74, 6) is 0. The first kappa shape index (κ1) is 63.8. The molecule has 0 aliphatic carbocycles. The summed E-state index contributed by atoms with van der Waals surface area (Å²) in [7, 11) is 67.4. The van der Waals surface area contributed by atoms with Crippen LogP contribution in [0.1, 0.15) is 1.43 Å². The minimum absolute atomic E-state index is 0. The molecule has 24 heteroatoms. The van der Waals surface area contributed by atoms with Gasteiger partial charge in [0.1, 0.15) is 0 Å². The quantitative estimate of drug-likeness (QED) is 0.212. The summed E-state index contributed by atoms with van der Waals surface area (Å²) >= 11 is -1.89. The van der Waals surface area contributed by atoms with Crippen molar-refractivity contribution in [3.63, 3.8) is 0 Å². The Morgan fingerprint density at radius 3 is 0.417 bits per heavy atom. The predicted octanol–water partition coefficient (Wildman–Crippen LogP) is 10.7. The summed E-state index contributed by atoms with van der Waals surface area (Å²) in [6, 6.07) is 0. The Labute approximate surface area is 270 Å². The van der Waals surface area contributed by atoms with E-state index in [4.69, 9.17) is 141 Å². The van der Waals surface area contributed by atoms with Gasteiger partial charge in [-0.2, -0.15) is 0 Å². The second-order valence-electron chi connectivity index (χ2n) is 0.505. The molecule has 0 aromatic rings. The van der Waals surface area contributed by atoms with Crippen LogP contribution in [0.15, 0.2) is 0 Å². The van der Waals surface area contributed by atoms with Crippen molar-refractivity contribution in [3.05, 3.63) is 0 Å². The van der Waals surface area contributed by atoms with Crippen LogP contribution in [0, 0.1) is 0 Å². The molecule has 0 unspecified atom stereocenters. The van der Waals surface area contributed by atoms with Crippen molar-refractivity contribution in [1.29, 1.82) is 0 Å². The maximum atomic E-state index is 4.89. The summed E-state index contributed by atoms with van der Waals surface area (Å²) in [6.45, 7) is 0. The molecule has 0 aliphatic heterocycles. The third-order valence-corrected chi connectivity index (χ3v) is 0. The van der Waals surface area contributed by atoms with E-state index in [-0.39, 0.29) is 113 Å². The molecule has 24 heavy (non-hydrogen) atoms. The fourth-order valence-electron chi connectivity index (χ4n) is 0. The van der Waals surface area contributed by atoms with E-state index < -0.39 is 22.3 Å². The molecule has 0 aromatic carbocycles. The van der Waals surface area contributed by atoms with Crippen LogP contribution in [-0.4, -0.2) is 0 Å². The van der Waals surface area contributed by atoms with Gasteiger partial charge < -0.3 is 0 Å². The molecular formula is H4Cl16Fe8. The van der Waals surface area contributed by atoms with Crippen LogP contribution in [0.4, 0.5) is 0 Å². The average Bonchev–Trinajstić information content (AvgIpc) is 2.18. The van der Waals surface area contributed by atoms with Gasteiger partial charge in [0.2, 0.25) is 0 Å². The van der Waals surface area contributed by atoms with Crippen molar-refractivity contribution in [1.82, 2.24) is 0 Å². The Kier molecular flexibility index (Phi) is 227. The van der Waals surface area contributed by atoms with Crippen molar-refractivity contribution in [2.45, 2.75) is 0 Å². The second kappa shape index (κ2) is 85.4. The van der Waals surface area contributed by atoms with Gasteiger partial charge in [0.25, 0.3) is 0 Å². The van der Waals surface area contributed by atoms with Gasteiger partial charge in [-0.1, -0.05) is 0 Å². The van der Waals surface area contributed by atoms with Crippen molar-refractivity contribution in [3.8, 4) is 0 Å². The molecule has 0 fully saturated rings. The van der Waals surface area contributed by atoms with E-state index in [1.54, 1.807) is 0 Å². The monoisotopic (exact) mass is 1010 g/mol. The molecule has 0 rings (SSSR count). The van der Waals surface area contributed by atoms with Crippen molar-refractivity contribution < 1.29 is 110 Å². The van der Waals surface area contributed by atoms with E-state index in [2.05, 4.69) is 0 Å². The minimum atomic E-state index is -1.33. The Hall–Kier alpha value is 8.80. The third-order valence-electron chi connectivity index (χ3n) is 0. The van der Waals surface area contributed by atoms with E-state index in [0.29, 0.717) is 0 Å². The maximum Gasteiger partial charge on any atom is 0 e. The van der Waals surface area contributed by atoms with Gasteiger partial charge in [0.15, 0.2) is 0 Å². The Morgan fingerprint density at radius 1 is 0.417 bits per heavy atom. The number of rotatable bonds is 0. The smallest absolute Gasteiger partial charge is 0 e. The van der Waals surface area contributed by atoms with Gasteiger partial charge in [-0.3, -0.25) is 0 Å². The topological polar surface area (TPSA) is 0 Å². The Bertz CT molecular complexity index is 71.0. The molecular weight excluding hydrogens is 1010 g/mol. The molecule has 0 radical (unpaired) electrons. The Morgan fingerprint density at radius 2 is 0.417 bits per heavy atom. The fraction of sp³-hybridized carbons (Fsp3) is 0. The van der Waals surface area contributed by atoms with E-state index >= 15 is 0 Å². The molecule has 0 spiro atoms. The van der Waals surface area contributed by atoms with Gasteiger partial charge >= 0.3 is 216 Å². The zero-order chi connectivity index (χ0) is 18.0. The summed E-state index contributed by atoms with van der Waals surface area (Å²) in [6.07, 6.45) is 0. The maximum absolute atomic E-state index is 4.89. The van der Waals surface area contributed by atoms with Crippen LogP contribution in [-0.2, 0) is 109 Å². The van der Waals surface area contributed by atoms with Gasteiger partial charge in [0, 0.05) is 35.6 Å². The molecule has 0 atom stereocenters. The average molecular weight is 1020 g/mol. The van der Waals surface area contributed by atoms with Crippen molar-refractivity contribution in [2.24, 2.45) is 0 Å². The van der Waals surface area contributed by atoms with Crippen LogP contribution in [0.3, 0.4) is 0 Å². The van der Waals surface area contributed by atoms with Crippen molar-refractivity contribution >= 4 is 166 Å². The molecule has 0 amide bonds. The SMILES string of the molecule is Cl.Cl.[Cl][Fe]([Cl])[Cl].[Cl][Fe]([Cl])[Cl].[Cl][Fe][Cl].[Cl][Fe][Cl].[Cl][Fe][Cl].[Cl][Fe][Cl].[Fe].[Fe].[HH]. The van der Waals surface area contributed by atoms with Gasteiger partial charge in [0.05, 0.1) is 0 Å². The summed E-state index contributed by atoms with van der Waals surface area (Å²) in [5, 5.41) is 0. The fourth-order valence-corrected chi connectivity index (χ4v) is 0. The summed E-state index contributed by atoms with van der Waals surface area (Å²) < 4.78 is 0. The minimum Gasteiger partial charge on any atom is 0 e. The van der Waals surface area contributed by atoms with Crippen molar-refractivity contribution in [2.75, 3.05) is 0 Å². The van der Waals surface area contributed by atoms with E-state index in [0.717, 1.165) is 0 Å². The summed E-state index contributed by atoms with van der Waals surface area (Å²) in [4.78, 5) is 0. The summed E-state index contributed by atoms with van der Waals surface area (Å²) in [5.41, 5.74) is 0. The van der Waals surface area contributed by atoms with Crippen LogP contribution in [0.5, 0.6) is 0 Å². The van der Waals surface area contributed by atoms with E-state index in [1.165, 1.54) is 0 Å². The molecule has 0 nitrogen and oxygen atoms in total. The standard InChI is InChI=1S/16ClH.8Fe.H2/h16*1H;;;;;;;;;1H/q;;;;;;;;;;;;;;;;;;4*+2;2*+3;/p-14. The van der Waals surface area contributed by atoms with E-state index in [9.17, 15) is 0 Å². The molecule has 180 valence electrons. The zero-order valence-corrected chi connectivity index (χ0v) is 30.0. The van der Waals surface area contributed by atoms with Crippen LogP contribution in [0.2, 0.25) is 0 Å². The van der Waals surface area contributed by atoms with Gasteiger partial charge in [-0.05, 0) is 0 Å². The number of hydrogen-bond donors (Lipinski definition) is 0. The van der Waals surface area contributed by atoms with E-state index in [1.807, 2.05) is 0 Å². The molecule has 0 heterocycles. The molecule has 0 aliphatic rings. The van der Waals surface area contributed by atoms with Gasteiger partial charge in [-0.15, -0.1) is 24.8 Å². The molecule has 0 N–H and O–H groups in total. The normalized spacial score (nSPS) is 7.42. The van der Waals surface area contributed by atoms with Gasteiger partial charge in [-0.25, -0.2) is 0 Å². The second-order valence-corrected chi connectivity index (χ2v) is 18.7. The van der Waals surface area contributed by atoms with Crippen LogP contribution >= 0.6 is 166 Å². The van der Waals surface area contributed by atoms with Crippen LogP contribution < -0.4 is 0 Å².